The molecular weight excluding hydrogens is 318 g/mol. The predicted molar refractivity (Wildman–Crippen MR) is 96.6 cm³/mol. The molecule has 0 spiro atoms. The Morgan fingerprint density at radius 2 is 1.96 bits per heavy atom. The zero-order valence-corrected chi connectivity index (χ0v) is 13.9. The van der Waals surface area contributed by atoms with Crippen molar-refractivity contribution in [2.24, 2.45) is 16.6 Å². The monoisotopic (exact) mass is 339 g/mol. The average molecular weight is 339 g/mol. The van der Waals surface area contributed by atoms with Crippen LogP contribution in [0.4, 0.5) is 11.5 Å². The number of nitro groups is 1. The van der Waals surface area contributed by atoms with Gasteiger partial charge in [-0.25, -0.2) is 4.98 Å². The summed E-state index contributed by atoms with van der Waals surface area (Å²) in [7, 11) is 0. The van der Waals surface area contributed by atoms with E-state index in [1.54, 1.807) is 0 Å². The Bertz CT molecular complexity index is 755. The van der Waals surface area contributed by atoms with Crippen LogP contribution in [-0.4, -0.2) is 33.9 Å². The van der Waals surface area contributed by atoms with Gasteiger partial charge in [0.15, 0.2) is 5.96 Å². The number of aromatic nitrogens is 1. The van der Waals surface area contributed by atoms with Crippen LogP contribution in [0.15, 0.2) is 53.7 Å². The van der Waals surface area contributed by atoms with Crippen LogP contribution in [0.3, 0.4) is 0 Å². The summed E-state index contributed by atoms with van der Waals surface area (Å²) in [4.78, 5) is 20.7. The number of benzene rings is 1. The van der Waals surface area contributed by atoms with Crippen molar-refractivity contribution in [3.05, 3.63) is 64.3 Å². The van der Waals surface area contributed by atoms with Gasteiger partial charge in [-0.1, -0.05) is 30.3 Å². The van der Waals surface area contributed by atoms with Crippen molar-refractivity contribution in [2.45, 2.75) is 19.3 Å². The molecule has 1 saturated heterocycles. The van der Waals surface area contributed by atoms with E-state index in [0.29, 0.717) is 11.9 Å². The Hall–Kier alpha value is -2.96. The van der Waals surface area contributed by atoms with Crippen LogP contribution in [0, 0.1) is 16.0 Å². The van der Waals surface area contributed by atoms with Crippen molar-refractivity contribution in [3.8, 4) is 0 Å². The molecule has 0 unspecified atom stereocenters. The van der Waals surface area contributed by atoms with Crippen LogP contribution < -0.4 is 5.73 Å². The topological polar surface area (TPSA) is 97.6 Å². The highest BCUT2D eigenvalue weighted by atomic mass is 16.6. The maximum Gasteiger partial charge on any atom is 0.313 e. The van der Waals surface area contributed by atoms with Crippen LogP contribution >= 0.6 is 0 Å². The van der Waals surface area contributed by atoms with Gasteiger partial charge in [0, 0.05) is 25.4 Å². The zero-order valence-electron chi connectivity index (χ0n) is 13.9. The molecule has 0 amide bonds. The Labute approximate surface area is 146 Å². The number of aliphatic imine (C=N–C) groups is 1. The standard InChI is InChI=1S/C18H21N5O2/c19-18(21-17-16(23(24)25)7-4-10-20-17)22-11-8-15(9-12-22)13-14-5-2-1-3-6-14/h1-7,10,15H,8-9,11-13H2,(H2,19,20,21). The van der Waals surface area contributed by atoms with Gasteiger partial charge in [0.05, 0.1) is 4.92 Å². The SMILES string of the molecule is N/C(=N\c1ncccc1[N+](=O)[O-])N1CCC(Cc2ccccc2)CC1. The number of piperidine rings is 1. The Morgan fingerprint density at radius 3 is 2.64 bits per heavy atom. The first-order valence-electron chi connectivity index (χ1n) is 8.36. The quantitative estimate of drug-likeness (QED) is 0.400. The lowest BCUT2D eigenvalue weighted by Crippen LogP contribution is -2.43. The van der Waals surface area contributed by atoms with Gasteiger partial charge < -0.3 is 10.6 Å². The first-order chi connectivity index (χ1) is 12.1. The molecule has 1 aromatic carbocycles. The maximum atomic E-state index is 11.0. The zero-order chi connectivity index (χ0) is 17.6. The van der Waals surface area contributed by atoms with Crippen LogP contribution in [-0.2, 0) is 6.42 Å². The highest BCUT2D eigenvalue weighted by Gasteiger charge is 2.22. The average Bonchev–Trinajstić information content (AvgIpc) is 2.63. The predicted octanol–water partition coefficient (Wildman–Crippen LogP) is 2.89. The fraction of sp³-hybridized carbons (Fsp3) is 0.333. The van der Waals surface area contributed by atoms with Gasteiger partial charge in [-0.15, -0.1) is 0 Å². The van der Waals surface area contributed by atoms with Crippen LogP contribution in [0.25, 0.3) is 0 Å². The third kappa shape index (κ3) is 4.32. The number of hydrogen-bond donors (Lipinski definition) is 1. The third-order valence-corrected chi connectivity index (χ3v) is 4.49. The van der Waals surface area contributed by atoms with Crippen molar-refractivity contribution in [2.75, 3.05) is 13.1 Å². The van der Waals surface area contributed by atoms with E-state index in [2.05, 4.69) is 34.2 Å². The van der Waals surface area contributed by atoms with Crippen LogP contribution in [0.1, 0.15) is 18.4 Å². The molecule has 1 aliphatic rings. The molecule has 0 bridgehead atoms. The molecule has 3 rings (SSSR count). The molecule has 0 saturated carbocycles. The van der Waals surface area contributed by atoms with E-state index in [-0.39, 0.29) is 11.5 Å². The van der Waals surface area contributed by atoms with Crippen molar-refractivity contribution in [1.82, 2.24) is 9.88 Å². The third-order valence-electron chi connectivity index (χ3n) is 4.49. The van der Waals surface area contributed by atoms with Crippen LogP contribution in [0.5, 0.6) is 0 Å². The number of rotatable bonds is 4. The highest BCUT2D eigenvalue weighted by Crippen LogP contribution is 2.25. The van der Waals surface area contributed by atoms with E-state index < -0.39 is 4.92 Å². The first kappa shape index (κ1) is 16.9. The van der Waals surface area contributed by atoms with Crippen molar-refractivity contribution >= 4 is 17.5 Å². The van der Waals surface area contributed by atoms with Crippen molar-refractivity contribution in [3.63, 3.8) is 0 Å². The van der Waals surface area contributed by atoms with E-state index in [1.807, 2.05) is 11.0 Å². The summed E-state index contributed by atoms with van der Waals surface area (Å²) in [5.41, 5.74) is 7.28. The minimum absolute atomic E-state index is 0.0522. The molecule has 25 heavy (non-hydrogen) atoms. The second-order valence-corrected chi connectivity index (χ2v) is 6.19. The number of pyridine rings is 1. The summed E-state index contributed by atoms with van der Waals surface area (Å²) in [5, 5.41) is 11.0. The molecule has 0 atom stereocenters. The highest BCUT2D eigenvalue weighted by molar-refractivity contribution is 5.81. The number of likely N-dealkylation sites (tertiary alicyclic amines) is 1. The van der Waals surface area contributed by atoms with E-state index in [0.717, 1.165) is 32.4 Å². The van der Waals surface area contributed by atoms with Gasteiger partial charge in [0.25, 0.3) is 0 Å². The fourth-order valence-electron chi connectivity index (χ4n) is 3.11. The lowest BCUT2D eigenvalue weighted by atomic mass is 9.90. The smallest absolute Gasteiger partial charge is 0.313 e. The number of hydrogen-bond acceptors (Lipinski definition) is 4. The molecule has 1 aromatic heterocycles. The van der Waals surface area contributed by atoms with E-state index in [4.69, 9.17) is 5.73 Å². The molecule has 7 nitrogen and oxygen atoms in total. The number of nitrogens with two attached hydrogens (primary N) is 1. The maximum absolute atomic E-state index is 11.0. The van der Waals surface area contributed by atoms with Gasteiger partial charge >= 0.3 is 5.69 Å². The first-order valence-corrected chi connectivity index (χ1v) is 8.36. The molecule has 130 valence electrons. The molecule has 2 N–H and O–H groups in total. The van der Waals surface area contributed by atoms with E-state index in [1.165, 1.54) is 23.9 Å². The van der Waals surface area contributed by atoms with Gasteiger partial charge in [-0.3, -0.25) is 10.1 Å². The summed E-state index contributed by atoms with van der Waals surface area (Å²) in [5.74, 6) is 0.965. The van der Waals surface area contributed by atoms with Gasteiger partial charge in [0.2, 0.25) is 5.82 Å². The molecular formula is C18H21N5O2. The lowest BCUT2D eigenvalue weighted by molar-refractivity contribution is -0.384. The van der Waals surface area contributed by atoms with Gasteiger partial charge in [-0.05, 0) is 36.8 Å². The molecule has 0 radical (unpaired) electrons. The van der Waals surface area contributed by atoms with Gasteiger partial charge in [-0.2, -0.15) is 4.99 Å². The largest absolute Gasteiger partial charge is 0.369 e. The van der Waals surface area contributed by atoms with E-state index in [9.17, 15) is 10.1 Å². The summed E-state index contributed by atoms with van der Waals surface area (Å²) in [6.45, 7) is 1.60. The normalized spacial score (nSPS) is 16.0. The molecule has 0 aliphatic carbocycles. The van der Waals surface area contributed by atoms with Crippen molar-refractivity contribution < 1.29 is 4.92 Å². The summed E-state index contributed by atoms with van der Waals surface area (Å²) in [6.07, 6.45) is 4.59. The second kappa shape index (κ2) is 7.74. The van der Waals surface area contributed by atoms with Crippen LogP contribution in [0.2, 0.25) is 0 Å². The molecule has 2 aromatic rings. The summed E-state index contributed by atoms with van der Waals surface area (Å²) >= 11 is 0. The minimum atomic E-state index is -0.495. The van der Waals surface area contributed by atoms with Gasteiger partial charge in [0.1, 0.15) is 0 Å². The van der Waals surface area contributed by atoms with Crippen molar-refractivity contribution in [1.29, 1.82) is 0 Å². The summed E-state index contributed by atoms with van der Waals surface area (Å²) in [6, 6.07) is 13.4. The second-order valence-electron chi connectivity index (χ2n) is 6.19. The minimum Gasteiger partial charge on any atom is -0.369 e. The van der Waals surface area contributed by atoms with E-state index >= 15 is 0 Å². The summed E-state index contributed by atoms with van der Waals surface area (Å²) < 4.78 is 0. The number of nitrogens with zero attached hydrogens (tertiary/aromatic N) is 4. The molecule has 1 aliphatic heterocycles. The molecule has 2 heterocycles. The Kier molecular flexibility index (Phi) is 5.23. The molecule has 1 fully saturated rings. The Morgan fingerprint density at radius 1 is 1.24 bits per heavy atom. The Balaban J connectivity index is 1.62. The fourth-order valence-corrected chi connectivity index (χ4v) is 3.11. The molecule has 7 heteroatoms. The number of guanidine groups is 1. The lowest BCUT2D eigenvalue weighted by Gasteiger charge is -2.32.